The highest BCUT2D eigenvalue weighted by Gasteiger charge is 2.66. The van der Waals surface area contributed by atoms with Gasteiger partial charge in [-0.3, -0.25) is 0 Å². The van der Waals surface area contributed by atoms with E-state index < -0.39 is 53.2 Å². The number of ether oxygens (including phenoxy) is 3. The van der Waals surface area contributed by atoms with E-state index in [1.54, 1.807) is 24.3 Å². The van der Waals surface area contributed by atoms with E-state index in [1.807, 2.05) is 6.07 Å². The number of hydrogen-bond donors (Lipinski definition) is 0. The Morgan fingerprint density at radius 1 is 0.875 bits per heavy atom. The summed E-state index contributed by atoms with van der Waals surface area (Å²) in [5.74, 6) is -1.22. The molecule has 2 aliphatic rings. The minimum absolute atomic E-state index is 0.0155. The number of esters is 2. The normalized spacial score (nSPS) is 25.2. The lowest BCUT2D eigenvalue weighted by Gasteiger charge is -2.58. The monoisotopic (exact) mass is 592 g/mol. The molecule has 0 spiro atoms. The topological polar surface area (TPSA) is 89.5 Å². The van der Waals surface area contributed by atoms with Crippen LogP contribution in [0.15, 0.2) is 42.2 Å². The number of fused-ring (bicyclic) bond motifs is 1. The van der Waals surface area contributed by atoms with E-state index >= 15 is 0 Å². The summed E-state index contributed by atoms with van der Waals surface area (Å²) in [5.41, 5.74) is 0.401. The summed E-state index contributed by atoms with van der Waals surface area (Å²) in [6.07, 6.45) is -1.45. The summed E-state index contributed by atoms with van der Waals surface area (Å²) < 4.78 is 38.0. The zero-order chi connectivity index (χ0) is 30.3. The molecule has 0 aromatic heterocycles. The lowest BCUT2D eigenvalue weighted by molar-refractivity contribution is -0.178. The highest BCUT2D eigenvalue weighted by Crippen LogP contribution is 2.56. The molecule has 1 saturated heterocycles. The SMILES string of the molecule is COC(=O)C1=C[C@@H](OC(=O)c2ccccc2)[C@H]2O[Si](C(C)(C)C)(C(C)(C)C)OC(CO[Si](C)(C)C(C)(C)C)[C@H]2O1. The Kier molecular flexibility index (Phi) is 9.24. The van der Waals surface area contributed by atoms with Gasteiger partial charge in [0.1, 0.15) is 12.2 Å². The van der Waals surface area contributed by atoms with Gasteiger partial charge in [-0.2, -0.15) is 0 Å². The van der Waals surface area contributed by atoms with Gasteiger partial charge in [-0.05, 0) is 30.3 Å². The highest BCUT2D eigenvalue weighted by atomic mass is 28.4. The van der Waals surface area contributed by atoms with E-state index in [9.17, 15) is 9.59 Å². The summed E-state index contributed by atoms with van der Waals surface area (Å²) in [6, 6.07) is 8.75. The molecule has 8 nitrogen and oxygen atoms in total. The van der Waals surface area contributed by atoms with Gasteiger partial charge in [0.15, 0.2) is 20.5 Å². The van der Waals surface area contributed by atoms with Gasteiger partial charge >= 0.3 is 20.5 Å². The van der Waals surface area contributed by atoms with Crippen molar-refractivity contribution < 1.29 is 37.1 Å². The van der Waals surface area contributed by atoms with Crippen molar-refractivity contribution in [2.75, 3.05) is 13.7 Å². The Balaban J connectivity index is 2.12. The number of carbonyl (C=O) groups is 2. The first-order chi connectivity index (χ1) is 18.2. The lowest BCUT2D eigenvalue weighted by Crippen LogP contribution is -2.71. The number of methoxy groups -OCH3 is 1. The first-order valence-corrected chi connectivity index (χ1v) is 18.7. The van der Waals surface area contributed by atoms with Gasteiger partial charge in [0, 0.05) is 16.2 Å². The van der Waals surface area contributed by atoms with Crippen LogP contribution in [0.3, 0.4) is 0 Å². The molecule has 2 aliphatic heterocycles. The van der Waals surface area contributed by atoms with Crippen molar-refractivity contribution >= 4 is 28.8 Å². The molecular weight excluding hydrogens is 544 g/mol. The van der Waals surface area contributed by atoms with Crippen LogP contribution in [-0.4, -0.2) is 66.9 Å². The van der Waals surface area contributed by atoms with Crippen molar-refractivity contribution in [1.29, 1.82) is 0 Å². The predicted molar refractivity (Wildman–Crippen MR) is 159 cm³/mol. The summed E-state index contributed by atoms with van der Waals surface area (Å²) in [5, 5.41) is -0.726. The maximum absolute atomic E-state index is 13.2. The Hall–Kier alpha value is -1.99. The van der Waals surface area contributed by atoms with Gasteiger partial charge in [0.2, 0.25) is 5.76 Å². The molecule has 1 aromatic carbocycles. The smallest absolute Gasteiger partial charge is 0.373 e. The van der Waals surface area contributed by atoms with Crippen molar-refractivity contribution in [2.24, 2.45) is 0 Å². The fraction of sp³-hybridized carbons (Fsp3) is 0.667. The molecule has 10 heteroatoms. The standard InChI is InChI=1S/C30H48O8Si2/c1-28(2,3)39(11,12)34-19-23-24-25(38-40(37-23,29(4,5)6)30(7,8)9)21(18-22(35-24)27(32)33-10)36-26(31)20-16-14-13-15-17-20/h13-18,21,23-25H,19H2,1-12H3/t21-,23?,24-,25-/m1/s1. The van der Waals surface area contributed by atoms with E-state index in [4.69, 9.17) is 27.5 Å². The summed E-state index contributed by atoms with van der Waals surface area (Å²) >= 11 is 0. The second kappa shape index (κ2) is 11.4. The first-order valence-electron chi connectivity index (χ1n) is 14.0. The molecule has 1 aromatic rings. The second-order valence-electron chi connectivity index (χ2n) is 14.3. The zero-order valence-corrected chi connectivity index (χ0v) is 28.2. The second-order valence-corrected chi connectivity index (χ2v) is 23.8. The van der Waals surface area contributed by atoms with E-state index in [-0.39, 0.29) is 27.5 Å². The van der Waals surface area contributed by atoms with Crippen molar-refractivity contribution in [3.63, 3.8) is 0 Å². The van der Waals surface area contributed by atoms with Crippen LogP contribution in [0.5, 0.6) is 0 Å². The highest BCUT2D eigenvalue weighted by molar-refractivity contribution is 6.74. The van der Waals surface area contributed by atoms with Gasteiger partial charge < -0.3 is 27.5 Å². The molecule has 224 valence electrons. The lowest BCUT2D eigenvalue weighted by atomic mass is 9.99. The Morgan fingerprint density at radius 3 is 1.95 bits per heavy atom. The molecule has 0 N–H and O–H groups in total. The van der Waals surface area contributed by atoms with Crippen LogP contribution in [0.2, 0.25) is 28.2 Å². The summed E-state index contributed by atoms with van der Waals surface area (Å²) in [6.45, 7) is 23.9. The Morgan fingerprint density at radius 2 is 1.45 bits per heavy atom. The van der Waals surface area contributed by atoms with Gasteiger partial charge in [0.25, 0.3) is 0 Å². The van der Waals surface area contributed by atoms with E-state index in [0.29, 0.717) is 5.56 Å². The summed E-state index contributed by atoms with van der Waals surface area (Å²) in [4.78, 5) is 25.9. The van der Waals surface area contributed by atoms with Crippen LogP contribution >= 0.6 is 0 Å². The number of benzene rings is 1. The zero-order valence-electron chi connectivity index (χ0n) is 26.2. The molecule has 0 amide bonds. The van der Waals surface area contributed by atoms with Gasteiger partial charge in [-0.1, -0.05) is 80.5 Å². The predicted octanol–water partition coefficient (Wildman–Crippen LogP) is 6.52. The third-order valence-corrected chi connectivity index (χ3v) is 17.9. The van der Waals surface area contributed by atoms with E-state index in [2.05, 4.69) is 75.4 Å². The number of carbonyl (C=O) groups excluding carboxylic acids is 2. The van der Waals surface area contributed by atoms with Crippen LogP contribution in [-0.2, 0) is 32.3 Å². The molecule has 0 aliphatic carbocycles. The molecule has 3 rings (SSSR count). The van der Waals surface area contributed by atoms with Crippen LogP contribution in [0.4, 0.5) is 0 Å². The van der Waals surface area contributed by atoms with Gasteiger partial charge in [0.05, 0.1) is 19.3 Å². The number of hydrogen-bond acceptors (Lipinski definition) is 8. The average molecular weight is 593 g/mol. The first kappa shape index (κ1) is 32.5. The van der Waals surface area contributed by atoms with E-state index in [1.165, 1.54) is 13.2 Å². The molecule has 2 heterocycles. The molecular formula is C30H48O8Si2. The van der Waals surface area contributed by atoms with E-state index in [0.717, 1.165) is 0 Å². The summed E-state index contributed by atoms with van der Waals surface area (Å²) in [7, 11) is -4.00. The van der Waals surface area contributed by atoms with Crippen molar-refractivity contribution in [3.8, 4) is 0 Å². The molecule has 4 atom stereocenters. The molecule has 1 unspecified atom stereocenters. The molecule has 40 heavy (non-hydrogen) atoms. The van der Waals surface area contributed by atoms with Gasteiger partial charge in [-0.15, -0.1) is 0 Å². The minimum atomic E-state index is -3.11. The van der Waals surface area contributed by atoms with Crippen LogP contribution in [0.1, 0.15) is 72.7 Å². The van der Waals surface area contributed by atoms with Crippen LogP contribution < -0.4 is 0 Å². The number of rotatable bonds is 6. The minimum Gasteiger partial charge on any atom is -0.478 e. The fourth-order valence-corrected chi connectivity index (χ4v) is 11.2. The quantitative estimate of drug-likeness (QED) is 0.273. The van der Waals surface area contributed by atoms with Crippen LogP contribution in [0, 0.1) is 0 Å². The van der Waals surface area contributed by atoms with Gasteiger partial charge in [-0.25, -0.2) is 9.59 Å². The van der Waals surface area contributed by atoms with Crippen molar-refractivity contribution in [3.05, 3.63) is 47.7 Å². The third kappa shape index (κ3) is 6.41. The Bertz CT molecular complexity index is 1080. The average Bonchev–Trinajstić information content (AvgIpc) is 2.85. The fourth-order valence-electron chi connectivity index (χ4n) is 5.16. The Labute approximate surface area is 242 Å². The molecule has 0 bridgehead atoms. The van der Waals surface area contributed by atoms with Crippen molar-refractivity contribution in [2.45, 2.75) is 115 Å². The third-order valence-electron chi connectivity index (χ3n) is 8.24. The van der Waals surface area contributed by atoms with Crippen molar-refractivity contribution in [1.82, 2.24) is 0 Å². The molecule has 0 saturated carbocycles. The largest absolute Gasteiger partial charge is 0.478 e. The van der Waals surface area contributed by atoms with Crippen LogP contribution in [0.25, 0.3) is 0 Å². The molecule has 1 fully saturated rings. The maximum Gasteiger partial charge on any atom is 0.373 e. The maximum atomic E-state index is 13.2. The molecule has 0 radical (unpaired) electrons.